The topological polar surface area (TPSA) is 36.4 Å². The first-order valence-electron chi connectivity index (χ1n) is 13.7. The summed E-state index contributed by atoms with van der Waals surface area (Å²) >= 11 is 0. The normalized spacial score (nSPS) is 16.8. The van der Waals surface area contributed by atoms with Gasteiger partial charge in [-0.1, -0.05) is 133 Å². The van der Waals surface area contributed by atoms with Crippen molar-refractivity contribution in [3.05, 3.63) is 168 Å². The van der Waals surface area contributed by atoms with E-state index in [1.165, 1.54) is 38.6 Å². The van der Waals surface area contributed by atoms with E-state index in [2.05, 4.69) is 162 Å². The maximum absolute atomic E-state index is 5.31. The molecule has 2 unspecified atom stereocenters. The first-order valence-corrected chi connectivity index (χ1v) is 13.7. The molecule has 0 fully saturated rings. The molecule has 6 aromatic carbocycles. The number of fused-ring (bicyclic) bond motifs is 1. The van der Waals surface area contributed by atoms with Crippen LogP contribution >= 0.6 is 0 Å². The summed E-state index contributed by atoms with van der Waals surface area (Å²) in [6.07, 6.45) is -0.317. The average Bonchev–Trinajstić information content (AvgIpc) is 3.05. The van der Waals surface area contributed by atoms with Gasteiger partial charge in [0.15, 0.2) is 0 Å². The zero-order valence-corrected chi connectivity index (χ0v) is 22.0. The summed E-state index contributed by atoms with van der Waals surface area (Å²) in [5.74, 6) is 0.886. The highest BCUT2D eigenvalue weighted by atomic mass is 15.3. The summed E-state index contributed by atoms with van der Waals surface area (Å²) < 4.78 is 0. The van der Waals surface area contributed by atoms with E-state index in [0.717, 1.165) is 17.0 Å². The number of aliphatic imine (C=N–C) groups is 1. The lowest BCUT2D eigenvalue weighted by Crippen LogP contribution is -2.45. The second-order valence-corrected chi connectivity index (χ2v) is 10.1. The third-order valence-corrected chi connectivity index (χ3v) is 7.53. The Hall–Kier alpha value is -4.99. The van der Waals surface area contributed by atoms with Gasteiger partial charge < -0.3 is 5.32 Å². The molecule has 1 aliphatic heterocycles. The lowest BCUT2D eigenvalue weighted by atomic mass is 9.95. The van der Waals surface area contributed by atoms with Crippen LogP contribution in [-0.4, -0.2) is 5.84 Å². The number of amidine groups is 1. The van der Waals surface area contributed by atoms with Gasteiger partial charge >= 0.3 is 0 Å². The molecule has 0 radical (unpaired) electrons. The van der Waals surface area contributed by atoms with E-state index in [1.54, 1.807) is 0 Å². The van der Waals surface area contributed by atoms with E-state index in [1.807, 2.05) is 0 Å². The van der Waals surface area contributed by atoms with Crippen LogP contribution < -0.4 is 10.6 Å². The van der Waals surface area contributed by atoms with Crippen molar-refractivity contribution in [2.24, 2.45) is 4.99 Å². The van der Waals surface area contributed by atoms with Gasteiger partial charge in [-0.25, -0.2) is 4.99 Å². The Morgan fingerprint density at radius 1 is 0.475 bits per heavy atom. The molecule has 192 valence electrons. The lowest BCUT2D eigenvalue weighted by Gasteiger charge is -2.32. The molecule has 0 bridgehead atoms. The molecule has 0 aromatic heterocycles. The Balaban J connectivity index is 1.38. The second-order valence-electron chi connectivity index (χ2n) is 10.1. The molecular formula is C37H29N3. The van der Waals surface area contributed by atoms with Crippen LogP contribution in [0.5, 0.6) is 0 Å². The van der Waals surface area contributed by atoms with Gasteiger partial charge in [-0.3, -0.25) is 5.32 Å². The molecule has 2 atom stereocenters. The van der Waals surface area contributed by atoms with Crippen molar-refractivity contribution in [1.82, 2.24) is 10.6 Å². The molecule has 2 N–H and O–H groups in total. The number of hydrogen-bond donors (Lipinski definition) is 2. The highest BCUT2D eigenvalue weighted by Crippen LogP contribution is 2.32. The summed E-state index contributed by atoms with van der Waals surface area (Å²) in [4.78, 5) is 5.31. The average molecular weight is 516 g/mol. The molecule has 1 aliphatic rings. The van der Waals surface area contributed by atoms with Crippen molar-refractivity contribution >= 4 is 16.6 Å². The minimum atomic E-state index is -0.218. The Bertz CT molecular complexity index is 1790. The molecule has 3 heteroatoms. The van der Waals surface area contributed by atoms with E-state index in [9.17, 15) is 0 Å². The fourth-order valence-corrected chi connectivity index (χ4v) is 5.51. The van der Waals surface area contributed by atoms with E-state index in [0.29, 0.717) is 0 Å². The third-order valence-electron chi connectivity index (χ3n) is 7.53. The molecule has 0 spiro atoms. The molecule has 6 aromatic rings. The van der Waals surface area contributed by atoms with Crippen molar-refractivity contribution in [2.45, 2.75) is 12.3 Å². The van der Waals surface area contributed by atoms with Crippen LogP contribution in [0.1, 0.15) is 29.0 Å². The van der Waals surface area contributed by atoms with Gasteiger partial charge in [0.05, 0.1) is 0 Å². The van der Waals surface area contributed by atoms with E-state index < -0.39 is 0 Å². The fraction of sp³-hybridized carbons (Fsp3) is 0.0541. The van der Waals surface area contributed by atoms with Gasteiger partial charge in [0.25, 0.3) is 0 Å². The predicted octanol–water partition coefficient (Wildman–Crippen LogP) is 8.51. The SMILES string of the molecule is c1ccc(-c2cccc(C3N=C(c4cc(-c5ccccc5)cc5ccccc45)NC(c4ccccc4)N3)c2)cc1. The molecule has 40 heavy (non-hydrogen) atoms. The van der Waals surface area contributed by atoms with Crippen molar-refractivity contribution in [3.8, 4) is 22.3 Å². The predicted molar refractivity (Wildman–Crippen MR) is 166 cm³/mol. The zero-order chi connectivity index (χ0) is 26.7. The Morgan fingerprint density at radius 3 is 1.82 bits per heavy atom. The lowest BCUT2D eigenvalue weighted by molar-refractivity contribution is 0.409. The van der Waals surface area contributed by atoms with Gasteiger partial charge in [0.1, 0.15) is 18.2 Å². The first-order chi connectivity index (χ1) is 19.8. The molecule has 1 heterocycles. The second kappa shape index (κ2) is 10.6. The molecule has 3 nitrogen and oxygen atoms in total. The molecule has 0 aliphatic carbocycles. The highest BCUT2D eigenvalue weighted by Gasteiger charge is 2.26. The maximum Gasteiger partial charge on any atom is 0.132 e. The summed E-state index contributed by atoms with van der Waals surface area (Å²) in [7, 11) is 0. The van der Waals surface area contributed by atoms with Gasteiger partial charge in [-0.2, -0.15) is 0 Å². The van der Waals surface area contributed by atoms with Crippen molar-refractivity contribution in [2.75, 3.05) is 0 Å². The molecule has 0 saturated carbocycles. The quantitative estimate of drug-likeness (QED) is 0.241. The van der Waals surface area contributed by atoms with Gasteiger partial charge in [-0.15, -0.1) is 0 Å². The van der Waals surface area contributed by atoms with Crippen LogP contribution in [0.2, 0.25) is 0 Å². The Kier molecular flexibility index (Phi) is 6.41. The number of hydrogen-bond acceptors (Lipinski definition) is 3. The summed E-state index contributed by atoms with van der Waals surface area (Å²) in [5, 5.41) is 9.88. The molecule has 0 amide bonds. The van der Waals surface area contributed by atoms with E-state index in [-0.39, 0.29) is 12.3 Å². The maximum atomic E-state index is 5.31. The molecular weight excluding hydrogens is 486 g/mol. The number of nitrogens with one attached hydrogen (secondary N) is 2. The monoisotopic (exact) mass is 515 g/mol. The summed E-state index contributed by atoms with van der Waals surface area (Å²) in [6, 6.07) is 53.4. The number of rotatable bonds is 5. The smallest absolute Gasteiger partial charge is 0.132 e. The first kappa shape index (κ1) is 24.1. The van der Waals surface area contributed by atoms with Crippen LogP contribution in [0.4, 0.5) is 0 Å². The van der Waals surface area contributed by atoms with Crippen LogP contribution in [0.25, 0.3) is 33.0 Å². The third kappa shape index (κ3) is 4.79. The zero-order valence-electron chi connectivity index (χ0n) is 22.0. The van der Waals surface area contributed by atoms with Crippen molar-refractivity contribution in [3.63, 3.8) is 0 Å². The summed E-state index contributed by atoms with van der Waals surface area (Å²) in [5.41, 5.74) is 8.15. The number of nitrogens with zero attached hydrogens (tertiary/aromatic N) is 1. The van der Waals surface area contributed by atoms with Crippen LogP contribution in [0.3, 0.4) is 0 Å². The Morgan fingerprint density at radius 2 is 1.07 bits per heavy atom. The standard InChI is InChI=1S/C37H29N3/c1-4-13-26(14-5-1)29-20-12-21-31(23-29)36-38-35(28-17-8-3-9-18-28)39-37(40-36)34-25-32(27-15-6-2-7-16-27)24-30-19-10-11-22-33(30)34/h1-25,35-36,38H,(H,39,40). The largest absolute Gasteiger partial charge is 0.350 e. The Labute approximate surface area is 234 Å². The molecule has 0 saturated heterocycles. The van der Waals surface area contributed by atoms with E-state index in [4.69, 9.17) is 4.99 Å². The molecule has 7 rings (SSSR count). The highest BCUT2D eigenvalue weighted by molar-refractivity contribution is 6.11. The van der Waals surface area contributed by atoms with Crippen LogP contribution in [0.15, 0.2) is 157 Å². The van der Waals surface area contributed by atoms with Gasteiger partial charge in [0.2, 0.25) is 0 Å². The minimum Gasteiger partial charge on any atom is -0.350 e. The minimum absolute atomic E-state index is 0.0989. The van der Waals surface area contributed by atoms with Gasteiger partial charge in [-0.05, 0) is 62.4 Å². The van der Waals surface area contributed by atoms with Crippen LogP contribution in [-0.2, 0) is 0 Å². The van der Waals surface area contributed by atoms with E-state index >= 15 is 0 Å². The van der Waals surface area contributed by atoms with Crippen LogP contribution in [0, 0.1) is 0 Å². The summed E-state index contributed by atoms with van der Waals surface area (Å²) in [6.45, 7) is 0. The van der Waals surface area contributed by atoms with Crippen molar-refractivity contribution < 1.29 is 0 Å². The van der Waals surface area contributed by atoms with Gasteiger partial charge in [0, 0.05) is 5.56 Å². The van der Waals surface area contributed by atoms with Crippen molar-refractivity contribution in [1.29, 1.82) is 0 Å². The number of benzene rings is 6. The fourth-order valence-electron chi connectivity index (χ4n) is 5.51.